The summed E-state index contributed by atoms with van der Waals surface area (Å²) in [7, 11) is 0. The fourth-order valence-electron chi connectivity index (χ4n) is 2.77. The van der Waals surface area contributed by atoms with Crippen LogP contribution in [0.2, 0.25) is 0 Å². The van der Waals surface area contributed by atoms with Crippen LogP contribution < -0.4 is 10.6 Å². The van der Waals surface area contributed by atoms with Gasteiger partial charge in [-0.25, -0.2) is 0 Å². The molecule has 3 aromatic rings. The molecule has 3 aromatic carbocycles. The Bertz CT molecular complexity index is 1250. The molecule has 0 aliphatic rings. The lowest BCUT2D eigenvalue weighted by Crippen LogP contribution is -2.34. The van der Waals surface area contributed by atoms with Crippen molar-refractivity contribution in [3.05, 3.63) is 77.0 Å². The Morgan fingerprint density at radius 2 is 1.27 bits per heavy atom. The Kier molecular flexibility index (Phi) is 6.58. The number of hydrogen-bond donors (Lipinski definition) is 8. The van der Waals surface area contributed by atoms with Crippen LogP contribution in [-0.4, -0.2) is 42.5 Å². The minimum absolute atomic E-state index is 0.0407. The topological polar surface area (TPSA) is 180 Å². The molecule has 0 saturated heterocycles. The molecule has 0 fully saturated rings. The Morgan fingerprint density at radius 1 is 0.697 bits per heavy atom. The Morgan fingerprint density at radius 3 is 1.88 bits per heavy atom. The fraction of sp³-hybridized carbons (Fsp3) is 0.0435. The number of carbonyl (C=O) groups is 2. The van der Waals surface area contributed by atoms with E-state index in [1.165, 1.54) is 48.5 Å². The number of phenols is 6. The molecule has 3 rings (SSSR count). The second-order valence-corrected chi connectivity index (χ2v) is 6.97. The number of phenolic OH excluding ortho intramolecular Hbond substituents is 6. The van der Waals surface area contributed by atoms with E-state index >= 15 is 0 Å². The van der Waals surface area contributed by atoms with Crippen LogP contribution >= 0.6 is 0 Å². The Balaban J connectivity index is 1.86. The smallest absolute Gasteiger partial charge is 0.268 e. The average molecular weight is 452 g/mol. The first-order valence-corrected chi connectivity index (χ1v) is 9.50. The van der Waals surface area contributed by atoms with Gasteiger partial charge in [-0.3, -0.25) is 9.59 Å². The van der Waals surface area contributed by atoms with Crippen molar-refractivity contribution in [2.45, 2.75) is 6.54 Å². The molecule has 8 N–H and O–H groups in total. The van der Waals surface area contributed by atoms with Crippen LogP contribution in [-0.2, 0) is 11.3 Å². The molecular formula is C23H20N2O8. The zero-order valence-corrected chi connectivity index (χ0v) is 17.0. The normalized spacial score (nSPS) is 11.1. The summed E-state index contributed by atoms with van der Waals surface area (Å²) in [5.74, 6) is -3.92. The summed E-state index contributed by atoms with van der Waals surface area (Å²) in [6, 6.07) is 11.2. The molecule has 10 nitrogen and oxygen atoms in total. The van der Waals surface area contributed by atoms with Crippen molar-refractivity contribution < 1.29 is 40.2 Å². The van der Waals surface area contributed by atoms with E-state index in [0.717, 1.165) is 12.1 Å². The summed E-state index contributed by atoms with van der Waals surface area (Å²) in [6.07, 6.45) is 1.25. The first-order chi connectivity index (χ1) is 15.6. The minimum Gasteiger partial charge on any atom is -0.504 e. The Hall–Kier alpha value is -4.86. The minimum atomic E-state index is -0.767. The van der Waals surface area contributed by atoms with Crippen LogP contribution in [0.4, 0.5) is 0 Å². The van der Waals surface area contributed by atoms with Gasteiger partial charge >= 0.3 is 0 Å². The van der Waals surface area contributed by atoms with Gasteiger partial charge in [0.1, 0.15) is 5.70 Å². The number of aromatic hydroxyl groups is 6. The highest BCUT2D eigenvalue weighted by molar-refractivity contribution is 6.05. The monoisotopic (exact) mass is 452 g/mol. The van der Waals surface area contributed by atoms with Crippen molar-refractivity contribution in [2.75, 3.05) is 0 Å². The van der Waals surface area contributed by atoms with Gasteiger partial charge in [0.25, 0.3) is 11.8 Å². The van der Waals surface area contributed by atoms with Crippen molar-refractivity contribution >= 4 is 17.9 Å². The van der Waals surface area contributed by atoms with Crippen LogP contribution in [0.1, 0.15) is 21.5 Å². The van der Waals surface area contributed by atoms with E-state index in [1.54, 1.807) is 0 Å². The van der Waals surface area contributed by atoms with Gasteiger partial charge < -0.3 is 41.3 Å². The SMILES string of the molecule is O=C(NCc1ccc(O)c(O)c1)/C(=C\c1ccc(O)c(O)c1)NC(=O)c1ccc(O)c(O)c1. The molecule has 0 bridgehead atoms. The second-order valence-electron chi connectivity index (χ2n) is 6.97. The molecule has 0 spiro atoms. The summed E-state index contributed by atoms with van der Waals surface area (Å²) in [5.41, 5.74) is 0.475. The van der Waals surface area contributed by atoms with Gasteiger partial charge in [-0.2, -0.15) is 0 Å². The third-order valence-corrected chi connectivity index (χ3v) is 4.53. The van der Waals surface area contributed by atoms with Crippen LogP contribution in [0.15, 0.2) is 60.3 Å². The van der Waals surface area contributed by atoms with Crippen LogP contribution in [0.5, 0.6) is 34.5 Å². The maximum Gasteiger partial charge on any atom is 0.268 e. The van der Waals surface area contributed by atoms with Crippen LogP contribution in [0.3, 0.4) is 0 Å². The highest BCUT2D eigenvalue weighted by Crippen LogP contribution is 2.27. The maximum atomic E-state index is 12.8. The molecule has 0 aliphatic carbocycles. The summed E-state index contributed by atoms with van der Waals surface area (Å²) in [4.78, 5) is 25.4. The zero-order chi connectivity index (χ0) is 24.1. The highest BCUT2D eigenvalue weighted by Gasteiger charge is 2.16. The lowest BCUT2D eigenvalue weighted by molar-refractivity contribution is -0.117. The standard InChI is InChI=1S/C23H20N2O8/c26-16-4-1-12(8-19(16)29)7-15(25-22(32)14-3-6-18(28)21(31)10-14)23(33)24-11-13-2-5-17(27)20(30)9-13/h1-10,26-31H,11H2,(H,24,33)(H,25,32)/b15-7+. The predicted octanol–water partition coefficient (Wildman–Crippen LogP) is 2.01. The van der Waals surface area contributed by atoms with Crippen molar-refractivity contribution in [1.29, 1.82) is 0 Å². The van der Waals surface area contributed by atoms with Gasteiger partial charge in [0.15, 0.2) is 34.5 Å². The average Bonchev–Trinajstić information content (AvgIpc) is 2.78. The van der Waals surface area contributed by atoms with E-state index in [4.69, 9.17) is 0 Å². The van der Waals surface area contributed by atoms with E-state index in [2.05, 4.69) is 10.6 Å². The van der Waals surface area contributed by atoms with Crippen molar-refractivity contribution in [3.63, 3.8) is 0 Å². The van der Waals surface area contributed by atoms with Gasteiger partial charge in [-0.05, 0) is 59.7 Å². The van der Waals surface area contributed by atoms with Gasteiger partial charge in [-0.15, -0.1) is 0 Å². The largest absolute Gasteiger partial charge is 0.504 e. The van der Waals surface area contributed by atoms with E-state index in [-0.39, 0.29) is 40.6 Å². The van der Waals surface area contributed by atoms with E-state index in [0.29, 0.717) is 5.56 Å². The first kappa shape index (κ1) is 22.8. The molecule has 10 heteroatoms. The van der Waals surface area contributed by atoms with E-state index in [9.17, 15) is 40.2 Å². The number of nitrogens with one attached hydrogen (secondary N) is 2. The van der Waals surface area contributed by atoms with Crippen LogP contribution in [0, 0.1) is 0 Å². The van der Waals surface area contributed by atoms with Gasteiger partial charge in [0.05, 0.1) is 0 Å². The molecule has 0 unspecified atom stereocenters. The maximum absolute atomic E-state index is 12.8. The third-order valence-electron chi connectivity index (χ3n) is 4.53. The molecule has 0 aromatic heterocycles. The summed E-state index contributed by atoms with van der Waals surface area (Å²) >= 11 is 0. The quantitative estimate of drug-likeness (QED) is 0.207. The molecule has 0 aliphatic heterocycles. The fourth-order valence-corrected chi connectivity index (χ4v) is 2.77. The van der Waals surface area contributed by atoms with Crippen molar-refractivity contribution in [2.24, 2.45) is 0 Å². The Labute approximate surface area is 187 Å². The zero-order valence-electron chi connectivity index (χ0n) is 17.0. The lowest BCUT2D eigenvalue weighted by atomic mass is 10.1. The van der Waals surface area contributed by atoms with Crippen molar-refractivity contribution in [1.82, 2.24) is 10.6 Å². The molecule has 33 heavy (non-hydrogen) atoms. The second kappa shape index (κ2) is 9.52. The van der Waals surface area contributed by atoms with Gasteiger partial charge in [0, 0.05) is 12.1 Å². The summed E-state index contributed by atoms with van der Waals surface area (Å²) in [6.45, 7) is -0.0549. The molecule has 0 radical (unpaired) electrons. The summed E-state index contributed by atoms with van der Waals surface area (Å²) < 4.78 is 0. The summed E-state index contributed by atoms with van der Waals surface area (Å²) in [5, 5.41) is 62.2. The predicted molar refractivity (Wildman–Crippen MR) is 117 cm³/mol. The molecule has 0 heterocycles. The van der Waals surface area contributed by atoms with Gasteiger partial charge in [-0.1, -0.05) is 12.1 Å². The van der Waals surface area contributed by atoms with Crippen molar-refractivity contribution in [3.8, 4) is 34.5 Å². The molecule has 2 amide bonds. The third kappa shape index (κ3) is 5.64. The van der Waals surface area contributed by atoms with Gasteiger partial charge in [0.2, 0.25) is 0 Å². The molecule has 0 atom stereocenters. The van der Waals surface area contributed by atoms with E-state index < -0.39 is 29.1 Å². The molecular weight excluding hydrogens is 432 g/mol. The lowest BCUT2D eigenvalue weighted by Gasteiger charge is -2.12. The van der Waals surface area contributed by atoms with Crippen LogP contribution in [0.25, 0.3) is 6.08 Å². The molecule has 0 saturated carbocycles. The number of rotatable bonds is 6. The number of hydrogen-bond acceptors (Lipinski definition) is 8. The number of benzene rings is 3. The highest BCUT2D eigenvalue weighted by atomic mass is 16.3. The molecule has 170 valence electrons. The number of carbonyl (C=O) groups excluding carboxylic acids is 2. The van der Waals surface area contributed by atoms with E-state index in [1.807, 2.05) is 0 Å². The number of amides is 2. The first-order valence-electron chi connectivity index (χ1n) is 9.50.